The smallest absolute Gasteiger partial charge is 0.387 e. The average molecular weight is 204 g/mol. The molecule has 0 fully saturated rings. The van der Waals surface area contributed by atoms with Crippen molar-refractivity contribution in [1.29, 1.82) is 0 Å². The highest BCUT2D eigenvalue weighted by molar-refractivity contribution is 6.46. The highest BCUT2D eigenvalue weighted by Gasteiger charge is 2.22. The van der Waals surface area contributed by atoms with Crippen LogP contribution in [-0.2, 0) is 8.85 Å². The van der Waals surface area contributed by atoms with Crippen LogP contribution in [0.4, 0.5) is 0 Å². The fraction of sp³-hybridized carbons (Fsp3) is 1.00. The fourth-order valence-electron chi connectivity index (χ4n) is 1.15. The van der Waals surface area contributed by atoms with E-state index in [2.05, 4.69) is 6.92 Å². The SMILES string of the molecule is CCO[Si](OCC)C(C)CCCN. The molecule has 2 N–H and O–H groups in total. The summed E-state index contributed by atoms with van der Waals surface area (Å²) in [7, 11) is -1.05. The van der Waals surface area contributed by atoms with Crippen LogP contribution in [-0.4, -0.2) is 29.0 Å². The second kappa shape index (κ2) is 8.68. The zero-order chi connectivity index (χ0) is 10.1. The molecule has 0 saturated carbocycles. The summed E-state index contributed by atoms with van der Waals surface area (Å²) in [6, 6.07) is 0. The van der Waals surface area contributed by atoms with Gasteiger partial charge in [-0.25, -0.2) is 0 Å². The lowest BCUT2D eigenvalue weighted by Crippen LogP contribution is -2.28. The van der Waals surface area contributed by atoms with Gasteiger partial charge in [0, 0.05) is 18.8 Å². The monoisotopic (exact) mass is 204 g/mol. The summed E-state index contributed by atoms with van der Waals surface area (Å²) in [5.41, 5.74) is 5.99. The summed E-state index contributed by atoms with van der Waals surface area (Å²) in [5, 5.41) is 0. The Hall–Kier alpha value is 0.0969. The van der Waals surface area contributed by atoms with Crippen molar-refractivity contribution in [3.05, 3.63) is 0 Å². The van der Waals surface area contributed by atoms with Gasteiger partial charge < -0.3 is 14.6 Å². The van der Waals surface area contributed by atoms with E-state index in [-0.39, 0.29) is 0 Å². The van der Waals surface area contributed by atoms with Gasteiger partial charge in [0.2, 0.25) is 0 Å². The van der Waals surface area contributed by atoms with Crippen LogP contribution in [0.2, 0.25) is 5.54 Å². The van der Waals surface area contributed by atoms with Crippen molar-refractivity contribution in [3.63, 3.8) is 0 Å². The van der Waals surface area contributed by atoms with Gasteiger partial charge in [0.1, 0.15) is 0 Å². The first-order chi connectivity index (χ1) is 6.26. The highest BCUT2D eigenvalue weighted by Crippen LogP contribution is 2.17. The largest absolute Gasteiger partial charge is 0.393 e. The lowest BCUT2D eigenvalue weighted by molar-refractivity contribution is 0.203. The van der Waals surface area contributed by atoms with Crippen LogP contribution >= 0.6 is 0 Å². The van der Waals surface area contributed by atoms with Gasteiger partial charge in [-0.1, -0.05) is 6.92 Å². The Balaban J connectivity index is 3.72. The van der Waals surface area contributed by atoms with Crippen molar-refractivity contribution >= 4 is 9.28 Å². The minimum atomic E-state index is -1.05. The van der Waals surface area contributed by atoms with Crippen LogP contribution in [0.1, 0.15) is 33.6 Å². The van der Waals surface area contributed by atoms with Gasteiger partial charge in [0.15, 0.2) is 0 Å². The van der Waals surface area contributed by atoms with Gasteiger partial charge in [0.25, 0.3) is 0 Å². The molecular formula is C9H22NO2Si. The summed E-state index contributed by atoms with van der Waals surface area (Å²) >= 11 is 0. The normalized spacial score (nSPS) is 13.6. The summed E-state index contributed by atoms with van der Waals surface area (Å²) in [5.74, 6) is 0. The average Bonchev–Trinajstić information content (AvgIpc) is 2.14. The van der Waals surface area contributed by atoms with E-state index in [1.807, 2.05) is 13.8 Å². The molecule has 0 amide bonds. The number of hydrogen-bond donors (Lipinski definition) is 1. The first-order valence-corrected chi connectivity index (χ1v) is 6.48. The van der Waals surface area contributed by atoms with Gasteiger partial charge in [-0.15, -0.1) is 0 Å². The molecule has 0 aliphatic heterocycles. The minimum absolute atomic E-state index is 0.536. The maximum Gasteiger partial charge on any atom is 0.387 e. The quantitative estimate of drug-likeness (QED) is 0.612. The van der Waals surface area contributed by atoms with Crippen LogP contribution in [0, 0.1) is 0 Å². The summed E-state index contributed by atoms with van der Waals surface area (Å²) in [6.45, 7) is 8.48. The Morgan fingerprint density at radius 1 is 1.23 bits per heavy atom. The molecule has 1 atom stereocenters. The van der Waals surface area contributed by atoms with E-state index >= 15 is 0 Å². The van der Waals surface area contributed by atoms with Crippen molar-refractivity contribution in [2.75, 3.05) is 19.8 Å². The molecule has 0 aliphatic carbocycles. The Bertz CT molecular complexity index is 108. The lowest BCUT2D eigenvalue weighted by Gasteiger charge is -2.19. The Kier molecular flexibility index (Phi) is 8.75. The van der Waals surface area contributed by atoms with Crippen LogP contribution in [0.15, 0.2) is 0 Å². The summed E-state index contributed by atoms with van der Waals surface area (Å²) < 4.78 is 11.2. The van der Waals surface area contributed by atoms with E-state index < -0.39 is 9.28 Å². The van der Waals surface area contributed by atoms with Crippen LogP contribution in [0.3, 0.4) is 0 Å². The molecule has 0 aromatic carbocycles. The molecule has 0 heterocycles. The Morgan fingerprint density at radius 3 is 2.15 bits per heavy atom. The van der Waals surface area contributed by atoms with E-state index in [4.69, 9.17) is 14.6 Å². The van der Waals surface area contributed by atoms with Gasteiger partial charge in [-0.2, -0.15) is 0 Å². The molecule has 0 rings (SSSR count). The van der Waals surface area contributed by atoms with Crippen molar-refractivity contribution in [2.24, 2.45) is 5.73 Å². The van der Waals surface area contributed by atoms with Crippen molar-refractivity contribution in [2.45, 2.75) is 39.2 Å². The maximum atomic E-state index is 5.58. The Labute approximate surface area is 83.5 Å². The van der Waals surface area contributed by atoms with E-state index in [1.165, 1.54) is 0 Å². The zero-order valence-electron chi connectivity index (χ0n) is 9.01. The van der Waals surface area contributed by atoms with Crippen LogP contribution in [0.5, 0.6) is 0 Å². The lowest BCUT2D eigenvalue weighted by atomic mass is 10.2. The molecule has 1 unspecified atom stereocenters. The first kappa shape index (κ1) is 13.1. The molecule has 0 bridgehead atoms. The third kappa shape index (κ3) is 6.21. The second-order valence-electron chi connectivity index (χ2n) is 3.02. The molecule has 1 radical (unpaired) electrons. The van der Waals surface area contributed by atoms with E-state index in [0.29, 0.717) is 5.54 Å². The van der Waals surface area contributed by atoms with Crippen molar-refractivity contribution in [1.82, 2.24) is 0 Å². The maximum absolute atomic E-state index is 5.58. The number of nitrogens with two attached hydrogens (primary N) is 1. The predicted molar refractivity (Wildman–Crippen MR) is 56.7 cm³/mol. The van der Waals surface area contributed by atoms with E-state index in [1.54, 1.807) is 0 Å². The third-order valence-corrected chi connectivity index (χ3v) is 4.06. The van der Waals surface area contributed by atoms with E-state index in [0.717, 1.165) is 32.6 Å². The van der Waals surface area contributed by atoms with Crippen LogP contribution < -0.4 is 5.73 Å². The third-order valence-electron chi connectivity index (χ3n) is 1.82. The molecule has 0 saturated heterocycles. The molecule has 0 spiro atoms. The molecule has 0 aromatic rings. The molecule has 4 heteroatoms. The van der Waals surface area contributed by atoms with Gasteiger partial charge >= 0.3 is 9.28 Å². The summed E-state index contributed by atoms with van der Waals surface area (Å²) in [4.78, 5) is 0. The molecule has 79 valence electrons. The van der Waals surface area contributed by atoms with E-state index in [9.17, 15) is 0 Å². The first-order valence-electron chi connectivity index (χ1n) is 5.08. The molecular weight excluding hydrogens is 182 g/mol. The molecule has 0 aromatic heterocycles. The fourth-order valence-corrected chi connectivity index (χ4v) is 2.81. The van der Waals surface area contributed by atoms with Gasteiger partial charge in [-0.3, -0.25) is 0 Å². The molecule has 3 nitrogen and oxygen atoms in total. The topological polar surface area (TPSA) is 44.5 Å². The van der Waals surface area contributed by atoms with Crippen LogP contribution in [0.25, 0.3) is 0 Å². The van der Waals surface area contributed by atoms with Crippen molar-refractivity contribution in [3.8, 4) is 0 Å². The predicted octanol–water partition coefficient (Wildman–Crippen LogP) is 1.68. The summed E-state index contributed by atoms with van der Waals surface area (Å²) in [6.07, 6.45) is 2.18. The highest BCUT2D eigenvalue weighted by atomic mass is 28.3. The minimum Gasteiger partial charge on any atom is -0.393 e. The Morgan fingerprint density at radius 2 is 1.77 bits per heavy atom. The molecule has 0 aliphatic rings. The number of rotatable bonds is 8. The standard InChI is InChI=1S/C9H22NO2Si/c1-4-11-13(12-5-2)9(3)7-6-8-10/h9H,4-8,10H2,1-3H3. The van der Waals surface area contributed by atoms with Gasteiger partial charge in [-0.05, 0) is 33.2 Å². The molecule has 13 heavy (non-hydrogen) atoms. The van der Waals surface area contributed by atoms with Gasteiger partial charge in [0.05, 0.1) is 0 Å². The zero-order valence-corrected chi connectivity index (χ0v) is 10.0. The number of hydrogen-bond acceptors (Lipinski definition) is 3. The second-order valence-corrected chi connectivity index (χ2v) is 5.22. The van der Waals surface area contributed by atoms with Crippen molar-refractivity contribution < 1.29 is 8.85 Å².